The molecule has 0 saturated carbocycles. The molecule has 0 bridgehead atoms. The quantitative estimate of drug-likeness (QED) is 0.0618. The Morgan fingerprint density at radius 2 is 0.844 bits per heavy atom. The normalized spacial score (nSPS) is 10.8. The van der Waals surface area contributed by atoms with Crippen LogP contribution in [0.25, 0.3) is 0 Å². The summed E-state index contributed by atoms with van der Waals surface area (Å²) in [5.41, 5.74) is 4.02. The van der Waals surface area contributed by atoms with Crippen LogP contribution in [0.2, 0.25) is 10.0 Å². The standard InChI is InChI=1S/C23H21ClN2O4.C15H14ClNO2.C10H13NO2.2Cu/c1-29-17-9-7-15(21(27)11-17)13-25-23(19-5-3-4-6-20(19)24)26-14-16-8-10-18(30-2)12-22(16)28;1-19-13-7-6-12(15(18)8-13)10-17-9-11-4-2-3-5-14(11)16;1-3-11-7-8-4-5-9(13-2)6-10(8)12;;/h3-14,23,27-28H,1-2H3;2-8,10,18H,9H2,1H3;4-7,12H,3H2,1-2H3;;/b25-13+,26-14+;;;;. The van der Waals surface area contributed by atoms with Gasteiger partial charge in [-0.15, -0.1) is 0 Å². The van der Waals surface area contributed by atoms with Gasteiger partial charge in [0, 0.05) is 128 Å². The Balaban J connectivity index is 0.000000355. The van der Waals surface area contributed by atoms with Crippen LogP contribution in [-0.2, 0) is 40.7 Å². The topological polar surface area (TPSA) is 167 Å². The minimum absolute atomic E-state index is 0. The van der Waals surface area contributed by atoms with Gasteiger partial charge in [0.1, 0.15) is 46.0 Å². The van der Waals surface area contributed by atoms with Crippen LogP contribution in [-0.4, -0.2) is 80.3 Å². The Hall–Kier alpha value is -5.98. The molecule has 16 heteroatoms. The molecule has 64 heavy (non-hydrogen) atoms. The van der Waals surface area contributed by atoms with Gasteiger partial charge < -0.3 is 39.4 Å². The Morgan fingerprint density at radius 3 is 1.20 bits per heavy atom. The van der Waals surface area contributed by atoms with Crippen molar-refractivity contribution in [2.24, 2.45) is 20.0 Å². The van der Waals surface area contributed by atoms with E-state index in [1.165, 1.54) is 38.8 Å². The third kappa shape index (κ3) is 17.0. The summed E-state index contributed by atoms with van der Waals surface area (Å²) in [4.78, 5) is 17.3. The van der Waals surface area contributed by atoms with Crippen molar-refractivity contribution in [1.29, 1.82) is 0 Å². The number of nitrogens with zero attached hydrogens (tertiary/aromatic N) is 4. The van der Waals surface area contributed by atoms with Crippen molar-refractivity contribution in [1.82, 2.24) is 0 Å². The first kappa shape index (κ1) is 54.2. The molecule has 0 unspecified atom stereocenters. The van der Waals surface area contributed by atoms with Crippen molar-refractivity contribution in [3.8, 4) is 46.0 Å². The maximum absolute atomic E-state index is 10.2. The van der Waals surface area contributed by atoms with Crippen molar-refractivity contribution < 1.29 is 73.5 Å². The summed E-state index contributed by atoms with van der Waals surface area (Å²) in [7, 11) is 6.17. The number of ether oxygens (including phenoxy) is 4. The fourth-order valence-electron chi connectivity index (χ4n) is 5.28. The maximum atomic E-state index is 10.2. The second kappa shape index (κ2) is 28.7. The fraction of sp³-hybridized carbons (Fsp3) is 0.167. The second-order valence-electron chi connectivity index (χ2n) is 12.8. The molecule has 0 spiro atoms. The number of aromatic hydroxyl groups is 4. The van der Waals surface area contributed by atoms with Crippen LogP contribution in [0.15, 0.2) is 141 Å². The van der Waals surface area contributed by atoms with Crippen LogP contribution in [0, 0.1) is 0 Å². The zero-order valence-electron chi connectivity index (χ0n) is 35.4. The summed E-state index contributed by atoms with van der Waals surface area (Å²) >= 11 is 12.4. The predicted octanol–water partition coefficient (Wildman–Crippen LogP) is 10.5. The molecule has 0 aliphatic heterocycles. The Kier molecular flexibility index (Phi) is 24.2. The van der Waals surface area contributed by atoms with Crippen molar-refractivity contribution in [3.05, 3.63) is 165 Å². The third-order valence-electron chi connectivity index (χ3n) is 8.71. The molecule has 0 aliphatic carbocycles. The SMILES string of the molecule is CCN=Cc1ccc(OC)cc1O.COc1ccc(/C=N/C(/N=C/c2ccc(OC)cc2O)c2ccccc2Cl)c(O)c1.COc1ccc(C=NCc2ccccc2Cl)c(O)c1.[Cu].[Cu]. The predicted molar refractivity (Wildman–Crippen MR) is 249 cm³/mol. The number of benzene rings is 6. The molecule has 12 nitrogen and oxygen atoms in total. The van der Waals surface area contributed by atoms with E-state index < -0.39 is 6.17 Å². The molecular formula is C48H48Cl2Cu2N4O8. The summed E-state index contributed by atoms with van der Waals surface area (Å²) in [6.45, 7) is 3.13. The molecule has 0 heterocycles. The average Bonchev–Trinajstić information content (AvgIpc) is 3.28. The number of halogens is 2. The maximum Gasteiger partial charge on any atom is 0.166 e. The van der Waals surface area contributed by atoms with Crippen LogP contribution < -0.4 is 18.9 Å². The van der Waals surface area contributed by atoms with E-state index in [-0.39, 0.29) is 57.1 Å². The van der Waals surface area contributed by atoms with Gasteiger partial charge in [0.15, 0.2) is 6.17 Å². The molecule has 0 aromatic heterocycles. The van der Waals surface area contributed by atoms with Gasteiger partial charge >= 0.3 is 0 Å². The number of rotatable bonds is 14. The molecule has 6 aromatic carbocycles. The molecule has 0 saturated heterocycles. The van der Waals surface area contributed by atoms with E-state index in [0.29, 0.717) is 74.0 Å². The monoisotopic (exact) mass is 1000 g/mol. The van der Waals surface area contributed by atoms with Crippen LogP contribution in [0.3, 0.4) is 0 Å². The van der Waals surface area contributed by atoms with Crippen LogP contribution in [0.1, 0.15) is 46.5 Å². The number of phenols is 4. The molecule has 6 rings (SSSR count). The number of aliphatic imine (C=N–C) groups is 4. The van der Waals surface area contributed by atoms with Gasteiger partial charge in [-0.25, -0.2) is 0 Å². The van der Waals surface area contributed by atoms with Crippen LogP contribution in [0.4, 0.5) is 0 Å². The Labute approximate surface area is 404 Å². The van der Waals surface area contributed by atoms with E-state index in [1.807, 2.05) is 49.4 Å². The number of phenolic OH excluding ortho intramolecular Hbond substituents is 4. The molecule has 0 fully saturated rings. The Bertz CT molecular complexity index is 2440. The van der Waals surface area contributed by atoms with E-state index in [2.05, 4.69) is 20.0 Å². The van der Waals surface area contributed by atoms with Crippen molar-refractivity contribution >= 4 is 48.1 Å². The van der Waals surface area contributed by atoms with Gasteiger partial charge in [0.05, 0.1) is 35.0 Å². The zero-order valence-corrected chi connectivity index (χ0v) is 38.8. The summed E-state index contributed by atoms with van der Waals surface area (Å²) in [5.74, 6) is 2.74. The molecule has 344 valence electrons. The van der Waals surface area contributed by atoms with E-state index in [0.717, 1.165) is 5.56 Å². The first-order chi connectivity index (χ1) is 30.0. The summed E-state index contributed by atoms with van der Waals surface area (Å²) in [5, 5.41) is 40.8. The molecule has 0 atom stereocenters. The third-order valence-corrected chi connectivity index (χ3v) is 9.42. The van der Waals surface area contributed by atoms with E-state index in [9.17, 15) is 20.4 Å². The van der Waals surface area contributed by atoms with E-state index in [1.54, 1.807) is 93.4 Å². The summed E-state index contributed by atoms with van der Waals surface area (Å²) in [6, 6.07) is 34.9. The Morgan fingerprint density at radius 1 is 0.484 bits per heavy atom. The average molecular weight is 1010 g/mol. The zero-order chi connectivity index (χ0) is 44.9. The number of hydrogen-bond donors (Lipinski definition) is 4. The molecule has 6 aromatic rings. The molecule has 4 N–H and O–H groups in total. The van der Waals surface area contributed by atoms with Crippen LogP contribution >= 0.6 is 23.2 Å². The summed E-state index contributed by atoms with van der Waals surface area (Å²) < 4.78 is 20.2. The van der Waals surface area contributed by atoms with Crippen molar-refractivity contribution in [2.75, 3.05) is 35.0 Å². The molecule has 2 radical (unpaired) electrons. The fourth-order valence-corrected chi connectivity index (χ4v) is 5.71. The van der Waals surface area contributed by atoms with Crippen LogP contribution in [0.5, 0.6) is 46.0 Å². The number of methoxy groups -OCH3 is 4. The van der Waals surface area contributed by atoms with E-state index in [4.69, 9.17) is 42.1 Å². The minimum atomic E-state index is -0.679. The van der Waals surface area contributed by atoms with Crippen molar-refractivity contribution in [2.45, 2.75) is 19.6 Å². The van der Waals surface area contributed by atoms with Gasteiger partial charge in [-0.2, -0.15) is 0 Å². The molecule has 0 amide bonds. The number of hydrogen-bond acceptors (Lipinski definition) is 12. The van der Waals surface area contributed by atoms with Gasteiger partial charge in [0.25, 0.3) is 0 Å². The minimum Gasteiger partial charge on any atom is -0.507 e. The van der Waals surface area contributed by atoms with Gasteiger partial charge in [0.2, 0.25) is 0 Å². The van der Waals surface area contributed by atoms with Gasteiger partial charge in [-0.05, 0) is 73.2 Å². The molecule has 0 aliphatic rings. The molecular weight excluding hydrogens is 959 g/mol. The second-order valence-corrected chi connectivity index (χ2v) is 13.7. The van der Waals surface area contributed by atoms with Gasteiger partial charge in [-0.3, -0.25) is 20.0 Å². The first-order valence-electron chi connectivity index (χ1n) is 19.0. The summed E-state index contributed by atoms with van der Waals surface area (Å²) in [6.07, 6.45) is 5.64. The van der Waals surface area contributed by atoms with Crippen molar-refractivity contribution in [3.63, 3.8) is 0 Å². The smallest absolute Gasteiger partial charge is 0.166 e. The van der Waals surface area contributed by atoms with E-state index >= 15 is 0 Å². The largest absolute Gasteiger partial charge is 0.507 e. The van der Waals surface area contributed by atoms with Gasteiger partial charge in [-0.1, -0.05) is 59.6 Å². The first-order valence-corrected chi connectivity index (χ1v) is 19.8.